The molecule has 0 aliphatic heterocycles. The first-order chi connectivity index (χ1) is 9.10. The fourth-order valence-electron chi connectivity index (χ4n) is 3.62. The summed E-state index contributed by atoms with van der Waals surface area (Å²) in [5, 5.41) is 12.9. The van der Waals surface area contributed by atoms with Gasteiger partial charge in [0.1, 0.15) is 11.1 Å². The van der Waals surface area contributed by atoms with E-state index < -0.39 is 0 Å². The summed E-state index contributed by atoms with van der Waals surface area (Å²) in [6.45, 7) is 3.94. The molecule has 1 heterocycles. The number of amides is 1. The molecular formula is C15H18N2OS. The average Bonchev–Trinajstić information content (AvgIpc) is 3.06. The van der Waals surface area contributed by atoms with Crippen molar-refractivity contribution in [1.29, 1.82) is 5.26 Å². The maximum Gasteiger partial charge on any atom is 0.228 e. The minimum Gasteiger partial charge on any atom is -0.316 e. The molecule has 3 unspecified atom stereocenters. The number of hydrogen-bond acceptors (Lipinski definition) is 3. The molecule has 0 spiro atoms. The summed E-state index contributed by atoms with van der Waals surface area (Å²) in [5.41, 5.74) is 1.63. The highest BCUT2D eigenvalue weighted by Gasteiger charge is 2.43. The van der Waals surface area contributed by atoms with Gasteiger partial charge in [0.25, 0.3) is 0 Å². The van der Waals surface area contributed by atoms with Crippen LogP contribution in [-0.4, -0.2) is 5.91 Å². The number of fused-ring (bicyclic) bond motifs is 2. The van der Waals surface area contributed by atoms with Crippen LogP contribution >= 0.6 is 11.3 Å². The first-order valence-corrected chi connectivity index (χ1v) is 7.72. The zero-order valence-electron chi connectivity index (χ0n) is 11.3. The molecular weight excluding hydrogens is 256 g/mol. The SMILES string of the molecule is Cc1sc(NC(=O)C2CC3CCC2C3)c(C#N)c1C. The lowest BCUT2D eigenvalue weighted by molar-refractivity contribution is -0.121. The zero-order chi connectivity index (χ0) is 13.6. The van der Waals surface area contributed by atoms with Gasteiger partial charge >= 0.3 is 0 Å². The molecule has 3 nitrogen and oxygen atoms in total. The predicted octanol–water partition coefficient (Wildman–Crippen LogP) is 3.61. The normalized spacial score (nSPS) is 28.4. The first kappa shape index (κ1) is 12.7. The van der Waals surface area contributed by atoms with Gasteiger partial charge in [-0.05, 0) is 50.5 Å². The number of nitriles is 1. The van der Waals surface area contributed by atoms with Crippen molar-refractivity contribution >= 4 is 22.2 Å². The summed E-state index contributed by atoms with van der Waals surface area (Å²) in [7, 11) is 0. The third-order valence-corrected chi connectivity index (χ3v) is 5.93. The quantitative estimate of drug-likeness (QED) is 0.895. The number of anilines is 1. The van der Waals surface area contributed by atoms with Gasteiger partial charge in [-0.3, -0.25) is 4.79 Å². The fourth-order valence-corrected chi connectivity index (χ4v) is 4.63. The Kier molecular flexibility index (Phi) is 3.10. The molecule has 0 saturated heterocycles. The molecule has 3 rings (SSSR count). The minimum absolute atomic E-state index is 0.130. The molecule has 0 radical (unpaired) electrons. The Bertz CT molecular complexity index is 569. The molecule has 1 N–H and O–H groups in total. The van der Waals surface area contributed by atoms with Crippen molar-refractivity contribution in [1.82, 2.24) is 0 Å². The summed E-state index contributed by atoms with van der Waals surface area (Å²) in [6.07, 6.45) is 4.78. The van der Waals surface area contributed by atoms with E-state index >= 15 is 0 Å². The maximum atomic E-state index is 12.4. The fraction of sp³-hybridized carbons (Fsp3) is 0.600. The van der Waals surface area contributed by atoms with Gasteiger partial charge in [-0.1, -0.05) is 6.42 Å². The van der Waals surface area contributed by atoms with Gasteiger partial charge in [0.15, 0.2) is 0 Å². The molecule has 2 bridgehead atoms. The highest BCUT2D eigenvalue weighted by atomic mass is 32.1. The van der Waals surface area contributed by atoms with Crippen LogP contribution < -0.4 is 5.32 Å². The van der Waals surface area contributed by atoms with Crippen molar-refractivity contribution in [3.63, 3.8) is 0 Å². The zero-order valence-corrected chi connectivity index (χ0v) is 12.1. The third-order valence-electron chi connectivity index (χ3n) is 4.81. The predicted molar refractivity (Wildman–Crippen MR) is 76.1 cm³/mol. The van der Waals surface area contributed by atoms with Crippen LogP contribution in [0.2, 0.25) is 0 Å². The first-order valence-electron chi connectivity index (χ1n) is 6.91. The van der Waals surface area contributed by atoms with Crippen molar-refractivity contribution < 1.29 is 4.79 Å². The second-order valence-electron chi connectivity index (χ2n) is 5.87. The van der Waals surface area contributed by atoms with E-state index in [1.54, 1.807) is 0 Å². The molecule has 1 amide bonds. The van der Waals surface area contributed by atoms with Crippen LogP contribution in [0.1, 0.15) is 41.7 Å². The molecule has 2 aliphatic rings. The lowest BCUT2D eigenvalue weighted by Gasteiger charge is -2.20. The smallest absolute Gasteiger partial charge is 0.228 e. The highest BCUT2D eigenvalue weighted by Crippen LogP contribution is 2.48. The van der Waals surface area contributed by atoms with Crippen LogP contribution in [0.4, 0.5) is 5.00 Å². The van der Waals surface area contributed by atoms with Crippen molar-refractivity contribution in [3.05, 3.63) is 16.0 Å². The van der Waals surface area contributed by atoms with E-state index in [1.807, 2.05) is 13.8 Å². The molecule has 1 aromatic heterocycles. The second kappa shape index (κ2) is 4.64. The van der Waals surface area contributed by atoms with Crippen LogP contribution in [0.5, 0.6) is 0 Å². The summed E-state index contributed by atoms with van der Waals surface area (Å²) in [4.78, 5) is 13.5. The molecule has 2 fully saturated rings. The maximum absolute atomic E-state index is 12.4. The Morgan fingerprint density at radius 3 is 2.74 bits per heavy atom. The molecule has 0 aromatic carbocycles. The van der Waals surface area contributed by atoms with Crippen LogP contribution in [0.25, 0.3) is 0 Å². The summed E-state index contributed by atoms with van der Waals surface area (Å²) < 4.78 is 0. The van der Waals surface area contributed by atoms with E-state index in [2.05, 4.69) is 11.4 Å². The van der Waals surface area contributed by atoms with E-state index in [4.69, 9.17) is 0 Å². The highest BCUT2D eigenvalue weighted by molar-refractivity contribution is 7.16. The van der Waals surface area contributed by atoms with Crippen LogP contribution in [0.3, 0.4) is 0 Å². The number of nitrogens with zero attached hydrogens (tertiary/aromatic N) is 1. The number of nitrogens with one attached hydrogen (secondary N) is 1. The standard InChI is InChI=1S/C15H18N2OS/c1-8-9(2)19-15(13(8)7-16)17-14(18)12-6-10-3-4-11(12)5-10/h10-12H,3-6H2,1-2H3,(H,17,18). The Hall–Kier alpha value is -1.34. The third kappa shape index (κ3) is 2.06. The average molecular weight is 274 g/mol. The molecule has 2 saturated carbocycles. The number of thiophene rings is 1. The Morgan fingerprint density at radius 1 is 1.37 bits per heavy atom. The van der Waals surface area contributed by atoms with Gasteiger partial charge in [0.2, 0.25) is 5.91 Å². The largest absolute Gasteiger partial charge is 0.316 e. The topological polar surface area (TPSA) is 52.9 Å². The summed E-state index contributed by atoms with van der Waals surface area (Å²) in [5.74, 6) is 1.65. The number of hydrogen-bond donors (Lipinski definition) is 1. The van der Waals surface area contributed by atoms with Crippen LogP contribution in [-0.2, 0) is 4.79 Å². The molecule has 1 aromatic rings. The lowest BCUT2D eigenvalue weighted by atomic mass is 9.88. The van der Waals surface area contributed by atoms with Gasteiger partial charge in [-0.25, -0.2) is 0 Å². The number of rotatable bonds is 2. The van der Waals surface area contributed by atoms with Crippen molar-refractivity contribution in [2.45, 2.75) is 39.5 Å². The van der Waals surface area contributed by atoms with Crippen LogP contribution in [0, 0.1) is 42.9 Å². The Morgan fingerprint density at radius 2 is 2.16 bits per heavy atom. The van der Waals surface area contributed by atoms with E-state index in [1.165, 1.54) is 30.6 Å². The van der Waals surface area contributed by atoms with E-state index in [9.17, 15) is 10.1 Å². The molecule has 2 aliphatic carbocycles. The lowest BCUT2D eigenvalue weighted by Crippen LogP contribution is -2.27. The van der Waals surface area contributed by atoms with E-state index in [0.717, 1.165) is 27.8 Å². The van der Waals surface area contributed by atoms with Crippen molar-refractivity contribution in [2.75, 3.05) is 5.32 Å². The molecule has 19 heavy (non-hydrogen) atoms. The monoisotopic (exact) mass is 274 g/mol. The number of carbonyl (C=O) groups is 1. The van der Waals surface area contributed by atoms with Crippen molar-refractivity contribution in [3.8, 4) is 6.07 Å². The van der Waals surface area contributed by atoms with E-state index in [0.29, 0.717) is 11.5 Å². The van der Waals surface area contributed by atoms with Gasteiger partial charge in [-0.2, -0.15) is 5.26 Å². The Balaban J connectivity index is 1.77. The summed E-state index contributed by atoms with van der Waals surface area (Å²) >= 11 is 1.52. The van der Waals surface area contributed by atoms with E-state index in [-0.39, 0.29) is 11.8 Å². The van der Waals surface area contributed by atoms with Gasteiger partial charge in [0.05, 0.1) is 5.56 Å². The second-order valence-corrected chi connectivity index (χ2v) is 7.09. The van der Waals surface area contributed by atoms with Crippen molar-refractivity contribution in [2.24, 2.45) is 17.8 Å². The number of carbonyl (C=O) groups excluding carboxylic acids is 1. The Labute approximate surface area is 117 Å². The summed E-state index contributed by atoms with van der Waals surface area (Å²) in [6, 6.07) is 2.21. The molecule has 3 atom stereocenters. The molecule has 100 valence electrons. The number of aryl methyl sites for hydroxylation is 1. The minimum atomic E-state index is 0.130. The molecule has 4 heteroatoms. The van der Waals surface area contributed by atoms with Crippen LogP contribution in [0.15, 0.2) is 0 Å². The van der Waals surface area contributed by atoms with Gasteiger partial charge in [-0.15, -0.1) is 11.3 Å². The van der Waals surface area contributed by atoms with Gasteiger partial charge < -0.3 is 5.32 Å². The van der Waals surface area contributed by atoms with Gasteiger partial charge in [0, 0.05) is 10.8 Å².